The summed E-state index contributed by atoms with van der Waals surface area (Å²) in [5, 5.41) is 1.13. The van der Waals surface area contributed by atoms with Gasteiger partial charge in [0.25, 0.3) is 0 Å². The molecule has 0 radical (unpaired) electrons. The number of benzene rings is 2. The van der Waals surface area contributed by atoms with Gasteiger partial charge in [-0.3, -0.25) is 0 Å². The summed E-state index contributed by atoms with van der Waals surface area (Å²) in [6, 6.07) is 16.0. The predicted octanol–water partition coefficient (Wildman–Crippen LogP) is 4.49. The molecule has 3 rings (SSSR count). The highest BCUT2D eigenvalue weighted by Gasteiger charge is 2.00. The van der Waals surface area contributed by atoms with Gasteiger partial charge in [-0.25, -0.2) is 0 Å². The number of anilines is 1. The van der Waals surface area contributed by atoms with Crippen LogP contribution in [0.1, 0.15) is 16.9 Å². The van der Waals surface area contributed by atoms with Crippen LogP contribution in [0.15, 0.2) is 52.9 Å². The molecule has 1 heterocycles. The van der Waals surface area contributed by atoms with Crippen LogP contribution in [0, 0.1) is 6.92 Å². The molecule has 0 atom stereocenters. The Morgan fingerprint density at radius 2 is 1.74 bits per heavy atom. The molecule has 0 saturated carbocycles. The summed E-state index contributed by atoms with van der Waals surface area (Å²) in [6.07, 6.45) is 3.99. The fourth-order valence-electron chi connectivity index (χ4n) is 2.03. The van der Waals surface area contributed by atoms with Crippen LogP contribution in [0.5, 0.6) is 0 Å². The van der Waals surface area contributed by atoms with Crippen LogP contribution < -0.4 is 5.73 Å². The Hall–Kier alpha value is -2.48. The number of fused-ring (bicyclic) bond motifs is 1. The molecular weight excluding hydrogens is 234 g/mol. The Morgan fingerprint density at radius 1 is 0.947 bits per heavy atom. The summed E-state index contributed by atoms with van der Waals surface area (Å²) in [7, 11) is 0. The van der Waals surface area contributed by atoms with Gasteiger partial charge in [0.15, 0.2) is 0 Å². The molecule has 0 aliphatic rings. The van der Waals surface area contributed by atoms with Crippen LogP contribution >= 0.6 is 0 Å². The molecule has 19 heavy (non-hydrogen) atoms. The van der Waals surface area contributed by atoms with Crippen molar-refractivity contribution in [2.75, 3.05) is 5.73 Å². The van der Waals surface area contributed by atoms with Crippen molar-refractivity contribution in [3.05, 3.63) is 65.4 Å². The maximum absolute atomic E-state index is 5.78. The van der Waals surface area contributed by atoms with Crippen LogP contribution in [0.2, 0.25) is 0 Å². The second-order valence-electron chi connectivity index (χ2n) is 4.69. The van der Waals surface area contributed by atoms with Gasteiger partial charge < -0.3 is 10.2 Å². The molecule has 0 amide bonds. The fourth-order valence-corrected chi connectivity index (χ4v) is 2.03. The standard InChI is InChI=1S/C17H15NO/c1-12-2-6-14-11-16(19-17(14)10-12)9-5-13-3-7-15(18)8-4-13/h2-11H,18H2,1H3/b9-5+. The molecule has 1 aromatic heterocycles. The van der Waals surface area contributed by atoms with E-state index < -0.39 is 0 Å². The highest BCUT2D eigenvalue weighted by Crippen LogP contribution is 2.22. The van der Waals surface area contributed by atoms with Crippen LogP contribution in [0.4, 0.5) is 5.69 Å². The highest BCUT2D eigenvalue weighted by molar-refractivity contribution is 5.82. The van der Waals surface area contributed by atoms with Crippen molar-refractivity contribution in [2.45, 2.75) is 6.92 Å². The Bertz CT molecular complexity index is 736. The zero-order valence-corrected chi connectivity index (χ0v) is 10.8. The number of furan rings is 1. The number of hydrogen-bond acceptors (Lipinski definition) is 2. The van der Waals surface area contributed by atoms with Crippen molar-refractivity contribution < 1.29 is 4.42 Å². The van der Waals surface area contributed by atoms with E-state index in [9.17, 15) is 0 Å². The third kappa shape index (κ3) is 2.52. The minimum absolute atomic E-state index is 0.774. The Labute approximate surface area is 112 Å². The first-order valence-corrected chi connectivity index (χ1v) is 6.24. The molecule has 0 unspecified atom stereocenters. The molecule has 0 bridgehead atoms. The van der Waals surface area contributed by atoms with Gasteiger partial charge in [0.05, 0.1) is 0 Å². The van der Waals surface area contributed by atoms with Crippen LogP contribution in [-0.2, 0) is 0 Å². The summed E-state index contributed by atoms with van der Waals surface area (Å²) < 4.78 is 5.78. The quantitative estimate of drug-likeness (QED) is 0.679. The van der Waals surface area contributed by atoms with Gasteiger partial charge >= 0.3 is 0 Å². The molecular formula is C17H15NO. The van der Waals surface area contributed by atoms with E-state index in [4.69, 9.17) is 10.2 Å². The summed E-state index contributed by atoms with van der Waals surface area (Å²) in [4.78, 5) is 0. The highest BCUT2D eigenvalue weighted by atomic mass is 16.3. The van der Waals surface area contributed by atoms with Gasteiger partial charge in [-0.2, -0.15) is 0 Å². The number of rotatable bonds is 2. The Balaban J connectivity index is 1.90. The van der Waals surface area contributed by atoms with Crippen molar-refractivity contribution in [1.82, 2.24) is 0 Å². The van der Waals surface area contributed by atoms with Gasteiger partial charge in [0.1, 0.15) is 11.3 Å². The zero-order valence-electron chi connectivity index (χ0n) is 10.8. The van der Waals surface area contributed by atoms with Gasteiger partial charge in [-0.15, -0.1) is 0 Å². The van der Waals surface area contributed by atoms with Crippen molar-refractivity contribution >= 4 is 28.8 Å². The minimum Gasteiger partial charge on any atom is -0.457 e. The molecule has 3 aromatic rings. The molecule has 0 spiro atoms. The first kappa shape index (κ1) is 11.6. The normalized spacial score (nSPS) is 11.4. The molecule has 2 nitrogen and oxygen atoms in total. The molecule has 0 saturated heterocycles. The van der Waals surface area contributed by atoms with E-state index in [2.05, 4.69) is 25.1 Å². The number of aryl methyl sites for hydroxylation is 1. The van der Waals surface area contributed by atoms with Gasteiger partial charge in [-0.1, -0.05) is 30.3 Å². The summed E-state index contributed by atoms with van der Waals surface area (Å²) in [5.74, 6) is 0.859. The van der Waals surface area contributed by atoms with Crippen LogP contribution in [-0.4, -0.2) is 0 Å². The smallest absolute Gasteiger partial charge is 0.135 e. The topological polar surface area (TPSA) is 39.2 Å². The minimum atomic E-state index is 0.774. The Morgan fingerprint density at radius 3 is 2.53 bits per heavy atom. The van der Waals surface area contributed by atoms with Crippen molar-refractivity contribution in [3.63, 3.8) is 0 Å². The van der Waals surface area contributed by atoms with E-state index in [-0.39, 0.29) is 0 Å². The van der Waals surface area contributed by atoms with Gasteiger partial charge in [-0.05, 0) is 48.4 Å². The average Bonchev–Trinajstić information content (AvgIpc) is 2.80. The average molecular weight is 249 g/mol. The lowest BCUT2D eigenvalue weighted by Crippen LogP contribution is -1.82. The van der Waals surface area contributed by atoms with Crippen LogP contribution in [0.25, 0.3) is 23.1 Å². The number of nitrogen functional groups attached to an aromatic ring is 1. The lowest BCUT2D eigenvalue weighted by atomic mass is 10.1. The second kappa shape index (κ2) is 4.65. The summed E-state index contributed by atoms with van der Waals surface area (Å²) >= 11 is 0. The SMILES string of the molecule is Cc1ccc2cc(/C=C/c3ccc(N)cc3)oc2c1. The summed E-state index contributed by atoms with van der Waals surface area (Å²) in [5.41, 5.74) is 9.67. The molecule has 2 heteroatoms. The van der Waals surface area contributed by atoms with E-state index in [0.29, 0.717) is 0 Å². The maximum atomic E-state index is 5.78. The van der Waals surface area contributed by atoms with Gasteiger partial charge in [0, 0.05) is 11.1 Å². The van der Waals surface area contributed by atoms with E-state index in [1.165, 1.54) is 5.56 Å². The van der Waals surface area contributed by atoms with E-state index in [0.717, 1.165) is 28.0 Å². The molecule has 94 valence electrons. The zero-order chi connectivity index (χ0) is 13.2. The Kier molecular flexibility index (Phi) is 2.84. The largest absolute Gasteiger partial charge is 0.457 e. The van der Waals surface area contributed by atoms with Crippen LogP contribution in [0.3, 0.4) is 0 Å². The lowest BCUT2D eigenvalue weighted by molar-refractivity contribution is 0.604. The first-order valence-electron chi connectivity index (χ1n) is 6.24. The fraction of sp³-hybridized carbons (Fsp3) is 0.0588. The van der Waals surface area contributed by atoms with Crippen molar-refractivity contribution in [2.24, 2.45) is 0 Å². The van der Waals surface area contributed by atoms with Crippen molar-refractivity contribution in [3.8, 4) is 0 Å². The maximum Gasteiger partial charge on any atom is 0.135 e. The summed E-state index contributed by atoms with van der Waals surface area (Å²) in [6.45, 7) is 2.06. The molecule has 0 fully saturated rings. The first-order chi connectivity index (χ1) is 9.20. The van der Waals surface area contributed by atoms with E-state index in [1.54, 1.807) is 0 Å². The lowest BCUT2D eigenvalue weighted by Gasteiger charge is -1.93. The second-order valence-corrected chi connectivity index (χ2v) is 4.69. The predicted molar refractivity (Wildman–Crippen MR) is 80.7 cm³/mol. The van der Waals surface area contributed by atoms with Gasteiger partial charge in [0.2, 0.25) is 0 Å². The molecule has 2 aromatic carbocycles. The number of nitrogens with two attached hydrogens (primary N) is 1. The van der Waals surface area contributed by atoms with E-state index in [1.807, 2.05) is 42.5 Å². The molecule has 2 N–H and O–H groups in total. The number of hydrogen-bond donors (Lipinski definition) is 1. The molecule has 0 aliphatic heterocycles. The third-order valence-corrected chi connectivity index (χ3v) is 3.07. The monoisotopic (exact) mass is 249 g/mol. The molecule has 0 aliphatic carbocycles. The van der Waals surface area contributed by atoms with E-state index >= 15 is 0 Å². The third-order valence-electron chi connectivity index (χ3n) is 3.07. The van der Waals surface area contributed by atoms with Crippen molar-refractivity contribution in [1.29, 1.82) is 0 Å².